The van der Waals surface area contributed by atoms with Crippen LogP contribution in [0.5, 0.6) is 0 Å². The molecule has 4 N–H and O–H groups in total. The summed E-state index contributed by atoms with van der Waals surface area (Å²) in [5.74, 6) is -2.12. The Bertz CT molecular complexity index is 1300. The van der Waals surface area contributed by atoms with E-state index in [0.29, 0.717) is 12.1 Å². The van der Waals surface area contributed by atoms with Gasteiger partial charge in [-0.1, -0.05) is 61.1 Å². The first kappa shape index (κ1) is 23.4. The first-order valence-corrected chi connectivity index (χ1v) is 11.3. The summed E-state index contributed by atoms with van der Waals surface area (Å²) in [6.07, 6.45) is 9.87. The smallest absolute Gasteiger partial charge is 0.314 e. The van der Waals surface area contributed by atoms with Crippen molar-refractivity contribution in [2.75, 3.05) is 11.9 Å². The molecule has 3 aromatic rings. The van der Waals surface area contributed by atoms with Gasteiger partial charge in [-0.3, -0.25) is 14.6 Å². The number of hydrogen-bond acceptors (Lipinski definition) is 4. The Morgan fingerprint density at radius 3 is 2.71 bits per heavy atom. The predicted octanol–water partition coefficient (Wildman–Crippen LogP) is 4.68. The Kier molecular flexibility index (Phi) is 6.61. The zero-order valence-corrected chi connectivity index (χ0v) is 19.4. The SMILES string of the molecule is CC1=CC(C)(Cc2ccccc2C(CN)C(=O)Nc2ccc3cnccc3c2)C=CC1C(=O)O. The highest BCUT2D eigenvalue weighted by atomic mass is 16.4. The van der Waals surface area contributed by atoms with Gasteiger partial charge in [-0.05, 0) is 48.1 Å². The largest absolute Gasteiger partial charge is 0.481 e. The lowest BCUT2D eigenvalue weighted by Gasteiger charge is -2.30. The van der Waals surface area contributed by atoms with E-state index in [1.54, 1.807) is 18.5 Å². The predicted molar refractivity (Wildman–Crippen MR) is 134 cm³/mol. The molecule has 3 atom stereocenters. The number of carboxylic acids is 1. The van der Waals surface area contributed by atoms with E-state index in [9.17, 15) is 14.7 Å². The molecule has 4 rings (SSSR count). The molecule has 0 radical (unpaired) electrons. The molecular weight excluding hydrogens is 426 g/mol. The summed E-state index contributed by atoms with van der Waals surface area (Å²) in [6, 6.07) is 15.5. The highest BCUT2D eigenvalue weighted by Gasteiger charge is 2.30. The van der Waals surface area contributed by atoms with Crippen molar-refractivity contribution in [3.05, 3.63) is 95.9 Å². The fourth-order valence-corrected chi connectivity index (χ4v) is 4.72. The van der Waals surface area contributed by atoms with E-state index in [1.807, 2.05) is 67.6 Å². The number of carbonyl (C=O) groups excluding carboxylic acids is 1. The van der Waals surface area contributed by atoms with Gasteiger partial charge in [0.2, 0.25) is 5.91 Å². The first-order chi connectivity index (χ1) is 16.3. The number of carbonyl (C=O) groups is 2. The van der Waals surface area contributed by atoms with E-state index >= 15 is 0 Å². The zero-order chi connectivity index (χ0) is 24.3. The number of nitrogens with two attached hydrogens (primary N) is 1. The topological polar surface area (TPSA) is 105 Å². The van der Waals surface area contributed by atoms with Crippen molar-refractivity contribution < 1.29 is 14.7 Å². The first-order valence-electron chi connectivity index (χ1n) is 11.3. The number of carboxylic acid groups (broad SMARTS) is 1. The number of benzene rings is 2. The number of aromatic nitrogens is 1. The maximum absolute atomic E-state index is 13.3. The molecule has 1 aromatic heterocycles. The summed E-state index contributed by atoms with van der Waals surface area (Å²) in [5.41, 5.74) is 9.17. The lowest BCUT2D eigenvalue weighted by molar-refractivity contribution is -0.139. The summed E-state index contributed by atoms with van der Waals surface area (Å²) >= 11 is 0. The van der Waals surface area contributed by atoms with Gasteiger partial charge in [0.15, 0.2) is 0 Å². The highest BCUT2D eigenvalue weighted by molar-refractivity contribution is 5.98. The molecule has 6 nitrogen and oxygen atoms in total. The summed E-state index contributed by atoms with van der Waals surface area (Å²) in [6.45, 7) is 4.09. The van der Waals surface area contributed by atoms with E-state index in [1.165, 1.54) is 0 Å². The third-order valence-electron chi connectivity index (χ3n) is 6.45. The molecule has 1 heterocycles. The molecule has 0 fully saturated rings. The van der Waals surface area contributed by atoms with E-state index in [-0.39, 0.29) is 17.9 Å². The monoisotopic (exact) mass is 455 g/mol. The normalized spacial score (nSPS) is 20.6. The number of rotatable bonds is 7. The maximum Gasteiger partial charge on any atom is 0.314 e. The summed E-state index contributed by atoms with van der Waals surface area (Å²) in [7, 11) is 0. The van der Waals surface area contributed by atoms with Crippen LogP contribution in [0, 0.1) is 11.3 Å². The number of pyridine rings is 1. The average molecular weight is 456 g/mol. The van der Waals surface area contributed by atoms with Crippen molar-refractivity contribution in [3.8, 4) is 0 Å². The van der Waals surface area contributed by atoms with Crippen LogP contribution in [0.25, 0.3) is 10.8 Å². The number of nitrogens with one attached hydrogen (secondary N) is 1. The summed E-state index contributed by atoms with van der Waals surface area (Å²) in [4.78, 5) is 28.9. The molecule has 1 aliphatic rings. The van der Waals surface area contributed by atoms with Gasteiger partial charge in [-0.2, -0.15) is 0 Å². The molecule has 1 amide bonds. The summed E-state index contributed by atoms with van der Waals surface area (Å²) < 4.78 is 0. The fourth-order valence-electron chi connectivity index (χ4n) is 4.72. The van der Waals surface area contributed by atoms with Crippen molar-refractivity contribution in [2.24, 2.45) is 17.1 Å². The van der Waals surface area contributed by atoms with E-state index < -0.39 is 17.8 Å². The van der Waals surface area contributed by atoms with Crippen molar-refractivity contribution in [1.29, 1.82) is 0 Å². The van der Waals surface area contributed by atoms with Crippen LogP contribution in [0.1, 0.15) is 30.9 Å². The number of nitrogens with zero attached hydrogens (tertiary/aromatic N) is 1. The van der Waals surface area contributed by atoms with Gasteiger partial charge in [0, 0.05) is 35.4 Å². The van der Waals surface area contributed by atoms with Gasteiger partial charge in [-0.15, -0.1) is 0 Å². The second kappa shape index (κ2) is 9.61. The third kappa shape index (κ3) is 4.92. The molecule has 1 aliphatic carbocycles. The van der Waals surface area contributed by atoms with Gasteiger partial charge < -0.3 is 16.2 Å². The molecule has 0 saturated carbocycles. The molecule has 2 aromatic carbocycles. The number of amides is 1. The molecule has 34 heavy (non-hydrogen) atoms. The molecule has 0 spiro atoms. The fraction of sp³-hybridized carbons (Fsp3) is 0.250. The number of hydrogen-bond donors (Lipinski definition) is 3. The minimum absolute atomic E-state index is 0.162. The van der Waals surface area contributed by atoms with E-state index in [2.05, 4.69) is 17.2 Å². The Morgan fingerprint density at radius 2 is 1.97 bits per heavy atom. The molecule has 0 saturated heterocycles. The second-order valence-electron chi connectivity index (χ2n) is 9.16. The van der Waals surface area contributed by atoms with Crippen molar-refractivity contribution in [3.63, 3.8) is 0 Å². The van der Waals surface area contributed by atoms with Gasteiger partial charge in [0.05, 0.1) is 11.8 Å². The Labute approximate surface area is 199 Å². The molecule has 0 bridgehead atoms. The lowest BCUT2D eigenvalue weighted by atomic mass is 9.74. The number of fused-ring (bicyclic) bond motifs is 1. The quantitative estimate of drug-likeness (QED) is 0.449. The van der Waals surface area contributed by atoms with Crippen LogP contribution in [0.3, 0.4) is 0 Å². The van der Waals surface area contributed by atoms with Crippen molar-refractivity contribution in [2.45, 2.75) is 26.2 Å². The van der Waals surface area contributed by atoms with Crippen LogP contribution in [-0.4, -0.2) is 28.5 Å². The minimum Gasteiger partial charge on any atom is -0.481 e. The number of allylic oxidation sites excluding steroid dienone is 2. The second-order valence-corrected chi connectivity index (χ2v) is 9.16. The van der Waals surface area contributed by atoms with Crippen LogP contribution < -0.4 is 11.1 Å². The Hall–Kier alpha value is -3.77. The van der Waals surface area contributed by atoms with Crippen LogP contribution in [0.4, 0.5) is 5.69 Å². The van der Waals surface area contributed by atoms with Crippen LogP contribution >= 0.6 is 0 Å². The van der Waals surface area contributed by atoms with Crippen LogP contribution in [0.15, 0.2) is 84.7 Å². The van der Waals surface area contributed by atoms with Crippen LogP contribution in [-0.2, 0) is 16.0 Å². The van der Waals surface area contributed by atoms with Gasteiger partial charge in [0.1, 0.15) is 0 Å². The average Bonchev–Trinajstić information content (AvgIpc) is 2.80. The Morgan fingerprint density at radius 1 is 1.18 bits per heavy atom. The van der Waals surface area contributed by atoms with Crippen molar-refractivity contribution >= 4 is 28.3 Å². The van der Waals surface area contributed by atoms with Crippen molar-refractivity contribution in [1.82, 2.24) is 4.98 Å². The molecule has 0 aliphatic heterocycles. The number of aliphatic carboxylic acids is 1. The molecule has 174 valence electrons. The van der Waals surface area contributed by atoms with Crippen LogP contribution in [0.2, 0.25) is 0 Å². The summed E-state index contributed by atoms with van der Waals surface area (Å²) in [5, 5.41) is 14.4. The van der Waals surface area contributed by atoms with Gasteiger partial charge >= 0.3 is 5.97 Å². The third-order valence-corrected chi connectivity index (χ3v) is 6.45. The standard InChI is InChI=1S/C28H29N3O3/c1-18-14-28(2,11-9-23(18)27(33)34)15-20-5-3-4-6-24(20)25(16-29)26(32)31-22-8-7-21-17-30-12-10-19(21)13-22/h3-14,17,23,25H,15-16,29H2,1-2H3,(H,31,32)(H,33,34). The number of anilines is 1. The van der Waals surface area contributed by atoms with Gasteiger partial charge in [0.25, 0.3) is 0 Å². The molecule has 6 heteroatoms. The van der Waals surface area contributed by atoms with Gasteiger partial charge in [-0.25, -0.2) is 0 Å². The zero-order valence-electron chi connectivity index (χ0n) is 19.4. The highest BCUT2D eigenvalue weighted by Crippen LogP contribution is 2.36. The van der Waals surface area contributed by atoms with E-state index in [4.69, 9.17) is 5.73 Å². The van der Waals surface area contributed by atoms with E-state index in [0.717, 1.165) is 27.5 Å². The molecule has 3 unspecified atom stereocenters. The maximum atomic E-state index is 13.3. The Balaban J connectivity index is 1.58. The minimum atomic E-state index is -0.850. The molecular formula is C28H29N3O3. The lowest BCUT2D eigenvalue weighted by Crippen LogP contribution is -2.29.